The Morgan fingerprint density at radius 2 is 1.90 bits per heavy atom. The molecule has 0 aliphatic heterocycles. The minimum absolute atomic E-state index is 0.212. The van der Waals surface area contributed by atoms with E-state index < -0.39 is 17.4 Å². The third-order valence-corrected chi connectivity index (χ3v) is 3.47. The zero-order valence-corrected chi connectivity index (χ0v) is 11.5. The van der Waals surface area contributed by atoms with Crippen molar-refractivity contribution in [3.63, 3.8) is 0 Å². The van der Waals surface area contributed by atoms with E-state index in [2.05, 4.69) is 4.98 Å². The van der Waals surface area contributed by atoms with Gasteiger partial charge in [-0.3, -0.25) is 19.0 Å². The Morgan fingerprint density at radius 1 is 1.24 bits per heavy atom. The number of nitrogens with two attached hydrogens (primary N) is 1. The highest BCUT2D eigenvalue weighted by Gasteiger charge is 2.09. The van der Waals surface area contributed by atoms with E-state index in [-0.39, 0.29) is 10.9 Å². The van der Waals surface area contributed by atoms with Crippen LogP contribution in [0.4, 0.5) is 0 Å². The normalized spacial score (nSPS) is 10.3. The Bertz CT molecular complexity index is 740. The first-order valence-electron chi connectivity index (χ1n) is 5.82. The standard InChI is InChI=1S/C13H11N3O4S/c14-12(20)8-1-3-9(4-2-8)16-6-5-10(17)15-13(16)21-7-11(18)19/h1-6H,7H2,(H2,14,20)(H,18,19). The van der Waals surface area contributed by atoms with Gasteiger partial charge in [-0.25, -0.2) is 0 Å². The molecule has 3 N–H and O–H groups in total. The molecule has 0 atom stereocenters. The lowest BCUT2D eigenvalue weighted by molar-refractivity contribution is -0.133. The number of nitrogens with zero attached hydrogens (tertiary/aromatic N) is 2. The molecule has 0 aliphatic rings. The summed E-state index contributed by atoms with van der Waals surface area (Å²) in [6.45, 7) is 0. The number of aliphatic carboxylic acids is 1. The van der Waals surface area contributed by atoms with Crippen molar-refractivity contribution in [3.05, 3.63) is 52.4 Å². The molecule has 1 aromatic carbocycles. The lowest BCUT2D eigenvalue weighted by atomic mass is 10.2. The molecule has 0 aliphatic carbocycles. The highest BCUT2D eigenvalue weighted by molar-refractivity contribution is 7.99. The van der Waals surface area contributed by atoms with Gasteiger partial charge in [-0.15, -0.1) is 0 Å². The summed E-state index contributed by atoms with van der Waals surface area (Å²) in [6, 6.07) is 7.63. The maximum Gasteiger partial charge on any atom is 0.313 e. The smallest absolute Gasteiger partial charge is 0.313 e. The number of aromatic nitrogens is 2. The van der Waals surface area contributed by atoms with Gasteiger partial charge in [-0.05, 0) is 24.3 Å². The van der Waals surface area contributed by atoms with E-state index in [1.54, 1.807) is 28.8 Å². The molecule has 0 spiro atoms. The van der Waals surface area contributed by atoms with Crippen molar-refractivity contribution in [2.75, 3.05) is 5.75 Å². The third-order valence-electron chi connectivity index (χ3n) is 2.53. The summed E-state index contributed by atoms with van der Waals surface area (Å²) in [5.74, 6) is -1.76. The molecule has 8 heteroatoms. The Labute approximate surface area is 123 Å². The third kappa shape index (κ3) is 3.69. The lowest BCUT2D eigenvalue weighted by Crippen LogP contribution is -2.14. The van der Waals surface area contributed by atoms with Crippen LogP contribution >= 0.6 is 11.8 Å². The van der Waals surface area contributed by atoms with Crippen LogP contribution in [0.3, 0.4) is 0 Å². The van der Waals surface area contributed by atoms with Crippen molar-refractivity contribution in [1.82, 2.24) is 9.55 Å². The molecule has 2 rings (SSSR count). The fourth-order valence-corrected chi connectivity index (χ4v) is 2.31. The molecule has 108 valence electrons. The number of amides is 1. The Balaban J connectivity index is 2.40. The summed E-state index contributed by atoms with van der Waals surface area (Å²) in [4.78, 5) is 36.8. The molecule has 2 aromatic rings. The summed E-state index contributed by atoms with van der Waals surface area (Å²) in [6.07, 6.45) is 1.50. The summed E-state index contributed by atoms with van der Waals surface area (Å²) < 4.78 is 1.57. The molecule has 1 aromatic heterocycles. The van der Waals surface area contributed by atoms with Crippen molar-refractivity contribution in [1.29, 1.82) is 0 Å². The van der Waals surface area contributed by atoms with Gasteiger partial charge in [-0.2, -0.15) is 4.98 Å². The molecule has 7 nitrogen and oxygen atoms in total. The first-order valence-corrected chi connectivity index (χ1v) is 6.80. The number of carbonyl (C=O) groups is 2. The predicted molar refractivity (Wildman–Crippen MR) is 76.7 cm³/mol. The summed E-state index contributed by atoms with van der Waals surface area (Å²) in [7, 11) is 0. The SMILES string of the molecule is NC(=O)c1ccc(-n2ccc(=O)nc2SCC(=O)O)cc1. The van der Waals surface area contributed by atoms with Gasteiger partial charge in [0.2, 0.25) is 5.91 Å². The largest absolute Gasteiger partial charge is 0.481 e. The quantitative estimate of drug-likeness (QED) is 0.614. The average Bonchev–Trinajstić information content (AvgIpc) is 2.45. The van der Waals surface area contributed by atoms with E-state index in [9.17, 15) is 14.4 Å². The van der Waals surface area contributed by atoms with Crippen LogP contribution in [0.1, 0.15) is 10.4 Å². The number of hydrogen-bond donors (Lipinski definition) is 2. The molecule has 0 bridgehead atoms. The van der Waals surface area contributed by atoms with Crippen LogP contribution in [0.5, 0.6) is 0 Å². The van der Waals surface area contributed by atoms with Gasteiger partial charge in [0.15, 0.2) is 5.16 Å². The van der Waals surface area contributed by atoms with Crippen LogP contribution in [-0.4, -0.2) is 32.3 Å². The molecular weight excluding hydrogens is 294 g/mol. The molecule has 0 unspecified atom stereocenters. The van der Waals surface area contributed by atoms with Gasteiger partial charge in [-0.1, -0.05) is 11.8 Å². The van der Waals surface area contributed by atoms with Crippen LogP contribution in [0.25, 0.3) is 5.69 Å². The van der Waals surface area contributed by atoms with E-state index >= 15 is 0 Å². The number of primary amides is 1. The van der Waals surface area contributed by atoms with E-state index in [0.29, 0.717) is 11.3 Å². The van der Waals surface area contributed by atoms with Crippen LogP contribution in [0.2, 0.25) is 0 Å². The number of benzene rings is 1. The molecule has 0 fully saturated rings. The molecule has 21 heavy (non-hydrogen) atoms. The van der Waals surface area contributed by atoms with Crippen molar-refractivity contribution in [2.45, 2.75) is 5.16 Å². The first kappa shape index (κ1) is 14.8. The van der Waals surface area contributed by atoms with E-state index in [0.717, 1.165) is 11.8 Å². The van der Waals surface area contributed by atoms with Gasteiger partial charge in [0.05, 0.1) is 5.75 Å². The van der Waals surface area contributed by atoms with Crippen LogP contribution in [0, 0.1) is 0 Å². The van der Waals surface area contributed by atoms with Crippen LogP contribution in [0.15, 0.2) is 46.5 Å². The molecule has 1 heterocycles. The second-order valence-electron chi connectivity index (χ2n) is 4.01. The van der Waals surface area contributed by atoms with Crippen molar-refractivity contribution in [2.24, 2.45) is 5.73 Å². The number of rotatable bonds is 5. The minimum Gasteiger partial charge on any atom is -0.481 e. The van der Waals surface area contributed by atoms with Crippen LogP contribution < -0.4 is 11.3 Å². The average molecular weight is 305 g/mol. The van der Waals surface area contributed by atoms with Gasteiger partial charge >= 0.3 is 5.97 Å². The maximum absolute atomic E-state index is 11.3. The van der Waals surface area contributed by atoms with Gasteiger partial charge in [0.1, 0.15) is 0 Å². The zero-order chi connectivity index (χ0) is 15.4. The first-order chi connectivity index (χ1) is 9.97. The molecule has 0 saturated heterocycles. The molecule has 1 amide bonds. The van der Waals surface area contributed by atoms with Crippen LogP contribution in [-0.2, 0) is 4.79 Å². The van der Waals surface area contributed by atoms with Crippen molar-refractivity contribution in [3.8, 4) is 5.69 Å². The summed E-state index contributed by atoms with van der Waals surface area (Å²) in [5, 5.41) is 8.98. The topological polar surface area (TPSA) is 115 Å². The minimum atomic E-state index is -1.01. The predicted octanol–water partition coefficient (Wildman–Crippen LogP) is 0.508. The lowest BCUT2D eigenvalue weighted by Gasteiger charge is -2.11. The second kappa shape index (κ2) is 6.23. The highest BCUT2D eigenvalue weighted by atomic mass is 32.2. The number of thioether (sulfide) groups is 1. The number of hydrogen-bond acceptors (Lipinski definition) is 5. The maximum atomic E-state index is 11.3. The molecule has 0 radical (unpaired) electrons. The van der Waals surface area contributed by atoms with Gasteiger partial charge < -0.3 is 10.8 Å². The zero-order valence-electron chi connectivity index (χ0n) is 10.7. The van der Waals surface area contributed by atoms with Crippen molar-refractivity contribution >= 4 is 23.6 Å². The fourth-order valence-electron chi connectivity index (χ4n) is 1.60. The monoisotopic (exact) mass is 305 g/mol. The number of carbonyl (C=O) groups excluding carboxylic acids is 1. The number of carboxylic acid groups (broad SMARTS) is 1. The summed E-state index contributed by atoms with van der Waals surface area (Å²) >= 11 is 0.935. The van der Waals surface area contributed by atoms with E-state index in [1.807, 2.05) is 0 Å². The fraction of sp³-hybridized carbons (Fsp3) is 0.0769. The highest BCUT2D eigenvalue weighted by Crippen LogP contribution is 2.18. The molecular formula is C13H11N3O4S. The number of carboxylic acids is 1. The van der Waals surface area contributed by atoms with E-state index in [4.69, 9.17) is 10.8 Å². The van der Waals surface area contributed by atoms with Crippen molar-refractivity contribution < 1.29 is 14.7 Å². The van der Waals surface area contributed by atoms with Gasteiger partial charge in [0, 0.05) is 23.5 Å². The van der Waals surface area contributed by atoms with E-state index in [1.165, 1.54) is 12.3 Å². The Hall–Kier alpha value is -2.61. The Kier molecular flexibility index (Phi) is 4.39. The Morgan fingerprint density at radius 3 is 2.48 bits per heavy atom. The second-order valence-corrected chi connectivity index (χ2v) is 4.95. The summed E-state index contributed by atoms with van der Waals surface area (Å²) in [5.41, 5.74) is 5.71. The van der Waals surface area contributed by atoms with Gasteiger partial charge in [0.25, 0.3) is 5.56 Å². The molecule has 0 saturated carbocycles.